The monoisotopic (exact) mass is 242 g/mol. The molecular formula is C12H10N4O2. The highest BCUT2D eigenvalue weighted by Gasteiger charge is 2.08. The largest absolute Gasteiger partial charge is 0.481 e. The average Bonchev–Trinajstić information content (AvgIpc) is 2.85. The molecule has 0 saturated carbocycles. The average molecular weight is 242 g/mol. The maximum absolute atomic E-state index is 10.5. The summed E-state index contributed by atoms with van der Waals surface area (Å²) in [6.07, 6.45) is 1.97. The Morgan fingerprint density at radius 1 is 1.44 bits per heavy atom. The van der Waals surface area contributed by atoms with Crippen LogP contribution in [0.3, 0.4) is 0 Å². The molecular weight excluding hydrogens is 232 g/mol. The number of aromatic nitrogens is 3. The molecule has 0 aliphatic heterocycles. The third-order valence-corrected chi connectivity index (χ3v) is 2.41. The van der Waals surface area contributed by atoms with Gasteiger partial charge in [-0.25, -0.2) is 4.68 Å². The predicted octanol–water partition coefficient (Wildman–Crippen LogP) is 1.16. The number of nitrogens with zero attached hydrogens (tertiary/aromatic N) is 4. The van der Waals surface area contributed by atoms with Crippen LogP contribution in [0.25, 0.3) is 5.69 Å². The third kappa shape index (κ3) is 2.52. The Bertz CT molecular complexity index is 613. The van der Waals surface area contributed by atoms with Gasteiger partial charge in [-0.05, 0) is 12.1 Å². The molecule has 1 aromatic heterocycles. The lowest BCUT2D eigenvalue weighted by atomic mass is 10.2. The summed E-state index contributed by atoms with van der Waals surface area (Å²) in [4.78, 5) is 10.5. The van der Waals surface area contributed by atoms with Crippen molar-refractivity contribution in [1.29, 1.82) is 5.26 Å². The molecule has 2 rings (SSSR count). The first-order chi connectivity index (χ1) is 8.70. The lowest BCUT2D eigenvalue weighted by Gasteiger charge is -2.01. The van der Waals surface area contributed by atoms with E-state index < -0.39 is 5.97 Å². The van der Waals surface area contributed by atoms with Gasteiger partial charge in [0.25, 0.3) is 0 Å². The SMILES string of the molecule is N#Cc1ccccc1-n1cc(CCC(=O)O)nn1. The molecule has 0 aliphatic carbocycles. The number of benzene rings is 1. The van der Waals surface area contributed by atoms with Crippen molar-refractivity contribution in [2.45, 2.75) is 12.8 Å². The zero-order chi connectivity index (χ0) is 13.0. The van der Waals surface area contributed by atoms with E-state index in [2.05, 4.69) is 16.4 Å². The smallest absolute Gasteiger partial charge is 0.303 e. The molecule has 0 saturated heterocycles. The van der Waals surface area contributed by atoms with Gasteiger partial charge < -0.3 is 5.11 Å². The van der Waals surface area contributed by atoms with Crippen molar-refractivity contribution in [3.63, 3.8) is 0 Å². The summed E-state index contributed by atoms with van der Waals surface area (Å²) < 4.78 is 1.48. The molecule has 18 heavy (non-hydrogen) atoms. The van der Waals surface area contributed by atoms with E-state index in [0.29, 0.717) is 23.4 Å². The number of nitriles is 1. The van der Waals surface area contributed by atoms with Gasteiger partial charge in [0.05, 0.1) is 29.6 Å². The van der Waals surface area contributed by atoms with Crippen LogP contribution in [0.15, 0.2) is 30.5 Å². The van der Waals surface area contributed by atoms with Crippen LogP contribution in [0.4, 0.5) is 0 Å². The van der Waals surface area contributed by atoms with Gasteiger partial charge in [-0.2, -0.15) is 5.26 Å². The van der Waals surface area contributed by atoms with Crippen LogP contribution >= 0.6 is 0 Å². The maximum Gasteiger partial charge on any atom is 0.303 e. The van der Waals surface area contributed by atoms with E-state index in [9.17, 15) is 4.79 Å². The highest BCUT2D eigenvalue weighted by molar-refractivity contribution is 5.66. The first kappa shape index (κ1) is 11.8. The van der Waals surface area contributed by atoms with E-state index in [1.54, 1.807) is 30.5 Å². The lowest BCUT2D eigenvalue weighted by Crippen LogP contribution is -1.98. The quantitative estimate of drug-likeness (QED) is 0.868. The van der Waals surface area contributed by atoms with E-state index in [1.165, 1.54) is 4.68 Å². The van der Waals surface area contributed by atoms with E-state index in [1.807, 2.05) is 0 Å². The molecule has 2 aromatic rings. The molecule has 1 aromatic carbocycles. The van der Waals surface area contributed by atoms with E-state index in [0.717, 1.165) is 0 Å². The predicted molar refractivity (Wildman–Crippen MR) is 62.0 cm³/mol. The van der Waals surface area contributed by atoms with Crippen LogP contribution in [0.1, 0.15) is 17.7 Å². The topological polar surface area (TPSA) is 91.8 Å². The lowest BCUT2D eigenvalue weighted by molar-refractivity contribution is -0.136. The number of carbonyl (C=O) groups is 1. The molecule has 0 spiro atoms. The van der Waals surface area contributed by atoms with Gasteiger partial charge in [0, 0.05) is 6.42 Å². The Kier molecular flexibility index (Phi) is 3.34. The Morgan fingerprint density at radius 3 is 2.94 bits per heavy atom. The number of carboxylic acid groups (broad SMARTS) is 1. The first-order valence-electron chi connectivity index (χ1n) is 5.33. The van der Waals surface area contributed by atoms with E-state index in [4.69, 9.17) is 10.4 Å². The Balaban J connectivity index is 2.24. The summed E-state index contributed by atoms with van der Waals surface area (Å²) in [5, 5.41) is 25.3. The fourth-order valence-corrected chi connectivity index (χ4v) is 1.53. The van der Waals surface area contributed by atoms with Crippen molar-refractivity contribution in [3.05, 3.63) is 41.7 Å². The Labute approximate surface area is 103 Å². The van der Waals surface area contributed by atoms with Crippen molar-refractivity contribution < 1.29 is 9.90 Å². The molecule has 1 heterocycles. The summed E-state index contributed by atoms with van der Waals surface area (Å²) >= 11 is 0. The maximum atomic E-state index is 10.5. The van der Waals surface area contributed by atoms with Crippen molar-refractivity contribution in [2.24, 2.45) is 0 Å². The van der Waals surface area contributed by atoms with Crippen LogP contribution in [0.2, 0.25) is 0 Å². The molecule has 6 heteroatoms. The van der Waals surface area contributed by atoms with Gasteiger partial charge in [0.1, 0.15) is 6.07 Å². The highest BCUT2D eigenvalue weighted by Crippen LogP contribution is 2.12. The molecule has 1 N–H and O–H groups in total. The summed E-state index contributed by atoms with van der Waals surface area (Å²) in [5.74, 6) is -0.873. The van der Waals surface area contributed by atoms with Gasteiger partial charge in [0.2, 0.25) is 0 Å². The number of rotatable bonds is 4. The summed E-state index contributed by atoms with van der Waals surface area (Å²) in [6, 6.07) is 9.09. The second kappa shape index (κ2) is 5.10. The molecule has 0 unspecified atom stereocenters. The summed E-state index contributed by atoms with van der Waals surface area (Å²) in [6.45, 7) is 0. The molecule has 0 amide bonds. The van der Waals surface area contributed by atoms with E-state index in [-0.39, 0.29) is 6.42 Å². The minimum Gasteiger partial charge on any atom is -0.481 e. The number of carboxylic acids is 1. The summed E-state index contributed by atoms with van der Waals surface area (Å²) in [7, 11) is 0. The third-order valence-electron chi connectivity index (χ3n) is 2.41. The zero-order valence-electron chi connectivity index (χ0n) is 9.45. The summed E-state index contributed by atoms with van der Waals surface area (Å²) in [5.41, 5.74) is 1.71. The number of hydrogen-bond donors (Lipinski definition) is 1. The second-order valence-corrected chi connectivity index (χ2v) is 3.68. The number of aliphatic carboxylic acids is 1. The van der Waals surface area contributed by atoms with Crippen molar-refractivity contribution in [3.8, 4) is 11.8 Å². The van der Waals surface area contributed by atoms with Gasteiger partial charge in [-0.1, -0.05) is 17.3 Å². The molecule has 0 bridgehead atoms. The second-order valence-electron chi connectivity index (χ2n) is 3.68. The van der Waals surface area contributed by atoms with Crippen LogP contribution in [-0.4, -0.2) is 26.1 Å². The molecule has 90 valence electrons. The van der Waals surface area contributed by atoms with Crippen molar-refractivity contribution in [1.82, 2.24) is 15.0 Å². The zero-order valence-corrected chi connectivity index (χ0v) is 9.45. The van der Waals surface area contributed by atoms with E-state index >= 15 is 0 Å². The fraction of sp³-hybridized carbons (Fsp3) is 0.167. The normalized spacial score (nSPS) is 9.94. The number of para-hydroxylation sites is 1. The molecule has 0 radical (unpaired) electrons. The Morgan fingerprint density at radius 2 is 2.22 bits per heavy atom. The van der Waals surface area contributed by atoms with Crippen LogP contribution < -0.4 is 0 Å². The van der Waals surface area contributed by atoms with Gasteiger partial charge in [-0.15, -0.1) is 5.10 Å². The molecule has 0 atom stereocenters. The van der Waals surface area contributed by atoms with Crippen LogP contribution in [0.5, 0.6) is 0 Å². The van der Waals surface area contributed by atoms with Crippen molar-refractivity contribution in [2.75, 3.05) is 0 Å². The highest BCUT2D eigenvalue weighted by atomic mass is 16.4. The van der Waals surface area contributed by atoms with Crippen LogP contribution in [-0.2, 0) is 11.2 Å². The Hall–Kier alpha value is -2.68. The van der Waals surface area contributed by atoms with Gasteiger partial charge >= 0.3 is 5.97 Å². The number of aryl methyl sites for hydroxylation is 1. The minimum absolute atomic E-state index is 0.0125. The van der Waals surface area contributed by atoms with Crippen LogP contribution in [0, 0.1) is 11.3 Å². The molecule has 0 fully saturated rings. The van der Waals surface area contributed by atoms with Gasteiger partial charge in [-0.3, -0.25) is 4.79 Å². The standard InChI is InChI=1S/C12H10N4O2/c13-7-9-3-1-2-4-11(9)16-8-10(14-15-16)5-6-12(17)18/h1-4,8H,5-6H2,(H,17,18). The molecule has 6 nitrogen and oxygen atoms in total. The molecule has 0 aliphatic rings. The fourth-order valence-electron chi connectivity index (χ4n) is 1.53. The van der Waals surface area contributed by atoms with Gasteiger partial charge in [0.15, 0.2) is 0 Å². The number of hydrogen-bond acceptors (Lipinski definition) is 4. The van der Waals surface area contributed by atoms with Crippen molar-refractivity contribution >= 4 is 5.97 Å². The first-order valence-corrected chi connectivity index (χ1v) is 5.33. The minimum atomic E-state index is -0.873.